The average molecular weight is 341 g/mol. The van der Waals surface area contributed by atoms with Crippen molar-refractivity contribution in [2.24, 2.45) is 17.3 Å². The number of rotatable bonds is 5. The smallest absolute Gasteiger partial charge is 0.453 e. The van der Waals surface area contributed by atoms with E-state index in [4.69, 9.17) is 0 Å². The molecule has 1 aromatic rings. The number of hydrogen-bond acceptors (Lipinski definition) is 3. The molecule has 8 heteroatoms. The van der Waals surface area contributed by atoms with Crippen LogP contribution in [-0.4, -0.2) is 25.8 Å². The molecule has 0 saturated heterocycles. The van der Waals surface area contributed by atoms with Gasteiger partial charge in [-0.05, 0) is 37.5 Å². The zero-order valence-electron chi connectivity index (χ0n) is 13.1. The molecule has 1 unspecified atom stereocenters. The van der Waals surface area contributed by atoms with Crippen LogP contribution in [0.2, 0.25) is 0 Å². The van der Waals surface area contributed by atoms with Crippen LogP contribution in [-0.2, 0) is 17.5 Å². The summed E-state index contributed by atoms with van der Waals surface area (Å²) in [5.74, 6) is -2.17. The molecule has 0 spiro atoms. The molecule has 1 saturated carbocycles. The minimum absolute atomic E-state index is 0.0921. The molecule has 2 aliphatic rings. The summed E-state index contributed by atoms with van der Waals surface area (Å²) in [6.45, 7) is 1.70. The van der Waals surface area contributed by atoms with Gasteiger partial charge in [0.2, 0.25) is 0 Å². The van der Waals surface area contributed by atoms with E-state index in [1.165, 1.54) is 11.6 Å². The first kappa shape index (κ1) is 16.7. The Morgan fingerprint density at radius 1 is 1.46 bits per heavy atom. The summed E-state index contributed by atoms with van der Waals surface area (Å²) in [5, 5.41) is 12.9. The van der Waals surface area contributed by atoms with Crippen LogP contribution in [0.5, 0.6) is 0 Å². The van der Waals surface area contributed by atoms with Crippen molar-refractivity contribution >= 4 is 5.97 Å². The van der Waals surface area contributed by atoms with Crippen molar-refractivity contribution < 1.29 is 23.1 Å². The lowest BCUT2D eigenvalue weighted by Crippen LogP contribution is -2.23. The van der Waals surface area contributed by atoms with Gasteiger partial charge in [-0.25, -0.2) is 9.67 Å². The van der Waals surface area contributed by atoms with Crippen molar-refractivity contribution in [3.8, 4) is 0 Å². The SMILES string of the molecule is Cc1nc(C(F)(F)F)nn1CC[C@@]1(C2C=CC=CC2)C[C@H]1C(=O)O. The Labute approximate surface area is 136 Å². The Kier molecular flexibility index (Phi) is 4.01. The zero-order valence-corrected chi connectivity index (χ0v) is 13.1. The molecule has 0 aromatic carbocycles. The van der Waals surface area contributed by atoms with Crippen LogP contribution in [0.4, 0.5) is 13.2 Å². The fraction of sp³-hybridized carbons (Fsp3) is 0.562. The summed E-state index contributed by atoms with van der Waals surface area (Å²) in [5.41, 5.74) is -0.413. The van der Waals surface area contributed by atoms with Crippen molar-refractivity contribution in [3.05, 3.63) is 36.0 Å². The number of aliphatic carboxylic acids is 1. The maximum Gasteiger partial charge on any atom is 0.453 e. The van der Waals surface area contributed by atoms with E-state index in [0.717, 1.165) is 6.42 Å². The predicted octanol–water partition coefficient (Wildman–Crippen LogP) is 3.22. The summed E-state index contributed by atoms with van der Waals surface area (Å²) in [6, 6.07) is 0. The van der Waals surface area contributed by atoms with Crippen LogP contribution in [0.1, 0.15) is 30.9 Å². The van der Waals surface area contributed by atoms with Crippen LogP contribution < -0.4 is 0 Å². The van der Waals surface area contributed by atoms with E-state index < -0.39 is 29.3 Å². The molecule has 1 N–H and O–H groups in total. The quantitative estimate of drug-likeness (QED) is 0.893. The van der Waals surface area contributed by atoms with Gasteiger partial charge in [0.05, 0.1) is 5.92 Å². The Hall–Kier alpha value is -2.12. The summed E-state index contributed by atoms with van der Waals surface area (Å²) >= 11 is 0. The Morgan fingerprint density at radius 3 is 2.71 bits per heavy atom. The van der Waals surface area contributed by atoms with E-state index in [0.29, 0.717) is 12.8 Å². The zero-order chi connectivity index (χ0) is 17.5. The molecule has 3 atom stereocenters. The highest BCUT2D eigenvalue weighted by molar-refractivity contribution is 5.75. The lowest BCUT2D eigenvalue weighted by molar-refractivity contribution is -0.145. The second kappa shape index (κ2) is 5.75. The summed E-state index contributed by atoms with van der Waals surface area (Å²) in [7, 11) is 0. The summed E-state index contributed by atoms with van der Waals surface area (Å²) < 4.78 is 39.3. The highest BCUT2D eigenvalue weighted by Gasteiger charge is 2.61. The van der Waals surface area contributed by atoms with E-state index in [1.54, 1.807) is 0 Å². The van der Waals surface area contributed by atoms with Crippen molar-refractivity contribution in [2.75, 3.05) is 0 Å². The number of aryl methyl sites for hydroxylation is 2. The highest BCUT2D eigenvalue weighted by Crippen LogP contribution is 2.62. The third-order valence-electron chi connectivity index (χ3n) is 5.03. The Bertz CT molecular complexity index is 708. The van der Waals surface area contributed by atoms with Crippen molar-refractivity contribution in [1.82, 2.24) is 14.8 Å². The van der Waals surface area contributed by atoms with E-state index in [2.05, 4.69) is 10.1 Å². The molecule has 3 rings (SSSR count). The molecule has 2 aliphatic carbocycles. The van der Waals surface area contributed by atoms with Gasteiger partial charge in [0.1, 0.15) is 5.82 Å². The van der Waals surface area contributed by atoms with Crippen LogP contribution in [0.25, 0.3) is 0 Å². The van der Waals surface area contributed by atoms with E-state index >= 15 is 0 Å². The number of carboxylic acid groups (broad SMARTS) is 1. The van der Waals surface area contributed by atoms with E-state index in [9.17, 15) is 23.1 Å². The summed E-state index contributed by atoms with van der Waals surface area (Å²) in [6.07, 6.45) is 5.00. The number of carbonyl (C=O) groups is 1. The topological polar surface area (TPSA) is 68.0 Å². The van der Waals surface area contributed by atoms with Crippen LogP contribution in [0, 0.1) is 24.2 Å². The number of halogens is 3. The summed E-state index contributed by atoms with van der Waals surface area (Å²) in [4.78, 5) is 14.9. The van der Waals surface area contributed by atoms with Gasteiger partial charge in [-0.3, -0.25) is 4.79 Å². The molecule has 0 aliphatic heterocycles. The fourth-order valence-electron chi connectivity index (χ4n) is 3.60. The second-order valence-corrected chi connectivity index (χ2v) is 6.44. The molecule has 1 aromatic heterocycles. The van der Waals surface area contributed by atoms with Gasteiger partial charge in [0.15, 0.2) is 0 Å². The predicted molar refractivity (Wildman–Crippen MR) is 78.9 cm³/mol. The minimum Gasteiger partial charge on any atom is -0.481 e. The number of allylic oxidation sites excluding steroid dienone is 4. The largest absolute Gasteiger partial charge is 0.481 e. The number of hydrogen-bond donors (Lipinski definition) is 1. The third-order valence-corrected chi connectivity index (χ3v) is 5.03. The third kappa shape index (κ3) is 2.97. The van der Waals surface area contributed by atoms with Gasteiger partial charge in [-0.15, -0.1) is 5.10 Å². The molecule has 0 amide bonds. The maximum atomic E-state index is 12.7. The Morgan fingerprint density at radius 2 is 2.21 bits per heavy atom. The molecule has 1 fully saturated rings. The van der Waals surface area contributed by atoms with E-state index in [-0.39, 0.29) is 18.3 Å². The van der Waals surface area contributed by atoms with Crippen LogP contribution in [0.15, 0.2) is 24.3 Å². The molecule has 1 heterocycles. The van der Waals surface area contributed by atoms with Crippen molar-refractivity contribution in [1.29, 1.82) is 0 Å². The molecule has 24 heavy (non-hydrogen) atoms. The minimum atomic E-state index is -4.58. The molecule has 0 bridgehead atoms. The van der Waals surface area contributed by atoms with Gasteiger partial charge in [-0.1, -0.05) is 24.3 Å². The van der Waals surface area contributed by atoms with Crippen molar-refractivity contribution in [2.45, 2.75) is 38.9 Å². The molecule has 0 radical (unpaired) electrons. The van der Waals surface area contributed by atoms with Gasteiger partial charge < -0.3 is 5.11 Å². The number of aromatic nitrogens is 3. The molecule has 5 nitrogen and oxygen atoms in total. The first-order valence-corrected chi connectivity index (χ1v) is 7.79. The second-order valence-electron chi connectivity index (χ2n) is 6.44. The number of nitrogens with zero attached hydrogens (tertiary/aromatic N) is 3. The Balaban J connectivity index is 1.76. The lowest BCUT2D eigenvalue weighted by atomic mass is 9.80. The van der Waals surface area contributed by atoms with Gasteiger partial charge in [0, 0.05) is 6.54 Å². The monoisotopic (exact) mass is 341 g/mol. The van der Waals surface area contributed by atoms with Gasteiger partial charge in [-0.2, -0.15) is 13.2 Å². The van der Waals surface area contributed by atoms with Gasteiger partial charge in [0.25, 0.3) is 5.82 Å². The fourth-order valence-corrected chi connectivity index (χ4v) is 3.60. The number of alkyl halides is 3. The first-order chi connectivity index (χ1) is 11.2. The first-order valence-electron chi connectivity index (χ1n) is 7.79. The highest BCUT2D eigenvalue weighted by atomic mass is 19.4. The molecular weight excluding hydrogens is 323 g/mol. The molecule has 130 valence electrons. The van der Waals surface area contributed by atoms with Gasteiger partial charge >= 0.3 is 12.1 Å². The van der Waals surface area contributed by atoms with E-state index in [1.807, 2.05) is 24.3 Å². The van der Waals surface area contributed by atoms with Crippen molar-refractivity contribution in [3.63, 3.8) is 0 Å². The molecular formula is C16H18F3N3O2. The number of carboxylic acids is 1. The standard InChI is InChI=1S/C16H18F3N3O2/c1-10-20-14(16(17,18)19)21-22(10)8-7-15(9-12(15)13(23)24)11-5-3-2-4-6-11/h2-5,11-12H,6-9H2,1H3,(H,23,24)/t11?,12-,15-/m0/s1. The maximum absolute atomic E-state index is 12.7. The normalized spacial score (nSPS) is 29.0. The van der Waals surface area contributed by atoms with Crippen LogP contribution >= 0.6 is 0 Å². The lowest BCUT2D eigenvalue weighted by Gasteiger charge is -2.26. The average Bonchev–Trinajstić information content (AvgIpc) is 3.15. The van der Waals surface area contributed by atoms with Crippen LogP contribution in [0.3, 0.4) is 0 Å².